The summed E-state index contributed by atoms with van der Waals surface area (Å²) >= 11 is 1.58. The molecule has 0 unspecified atom stereocenters. The van der Waals surface area contributed by atoms with E-state index in [9.17, 15) is 9.18 Å². The third-order valence-corrected chi connectivity index (χ3v) is 5.17. The van der Waals surface area contributed by atoms with Crippen LogP contribution in [0.2, 0.25) is 0 Å². The molecule has 0 atom stereocenters. The van der Waals surface area contributed by atoms with E-state index in [0.717, 1.165) is 17.0 Å². The molecule has 0 saturated heterocycles. The van der Waals surface area contributed by atoms with E-state index in [-0.39, 0.29) is 11.6 Å². The fourth-order valence-corrected chi connectivity index (χ4v) is 3.54. The number of thiophene rings is 1. The summed E-state index contributed by atoms with van der Waals surface area (Å²) in [5.74, 6) is -0.282. The minimum atomic E-state index is -0.276. The highest BCUT2D eigenvalue weighted by Crippen LogP contribution is 2.20. The predicted molar refractivity (Wildman–Crippen MR) is 105 cm³/mol. The maximum Gasteiger partial charge on any atom is 0.197 e. The summed E-state index contributed by atoms with van der Waals surface area (Å²) in [5, 5.41) is 2.97. The van der Waals surface area contributed by atoms with Gasteiger partial charge in [0.05, 0.1) is 4.88 Å². The van der Waals surface area contributed by atoms with E-state index in [4.69, 9.17) is 0 Å². The Balaban J connectivity index is 1.73. The van der Waals surface area contributed by atoms with Crippen LogP contribution in [0.3, 0.4) is 0 Å². The summed E-state index contributed by atoms with van der Waals surface area (Å²) < 4.78 is 12.8. The number of ketones is 1. The van der Waals surface area contributed by atoms with Gasteiger partial charge >= 0.3 is 0 Å². The molecule has 1 aromatic heterocycles. The van der Waals surface area contributed by atoms with Crippen LogP contribution in [0.5, 0.6) is 0 Å². The molecule has 4 heteroatoms. The molecule has 0 saturated carbocycles. The van der Waals surface area contributed by atoms with Gasteiger partial charge in [-0.1, -0.05) is 39.0 Å². The minimum absolute atomic E-state index is 0.00573. The van der Waals surface area contributed by atoms with Gasteiger partial charge in [0, 0.05) is 22.8 Å². The second kappa shape index (κ2) is 10.8. The van der Waals surface area contributed by atoms with Crippen molar-refractivity contribution < 1.29 is 9.18 Å². The van der Waals surface area contributed by atoms with E-state index in [2.05, 4.69) is 18.3 Å². The van der Waals surface area contributed by atoms with Crippen molar-refractivity contribution in [3.63, 3.8) is 0 Å². The Morgan fingerprint density at radius 1 is 1.04 bits per heavy atom. The van der Waals surface area contributed by atoms with Crippen molar-refractivity contribution in [3.05, 3.63) is 64.2 Å². The number of benzene rings is 1. The molecule has 0 bridgehead atoms. The first-order valence-electron chi connectivity index (χ1n) is 9.00. The van der Waals surface area contributed by atoms with Gasteiger partial charge in [-0.25, -0.2) is 4.39 Å². The minimum Gasteiger partial charge on any atom is -0.362 e. The van der Waals surface area contributed by atoms with Crippen LogP contribution < -0.4 is 5.32 Å². The summed E-state index contributed by atoms with van der Waals surface area (Å²) in [4.78, 5) is 14.2. The number of allylic oxidation sites excluding steroid dienone is 1. The molecule has 0 aliphatic rings. The lowest BCUT2D eigenvalue weighted by Gasteiger charge is -1.99. The van der Waals surface area contributed by atoms with Gasteiger partial charge in [0.2, 0.25) is 0 Å². The van der Waals surface area contributed by atoms with Crippen molar-refractivity contribution in [2.75, 3.05) is 5.32 Å². The second-order valence-corrected chi connectivity index (χ2v) is 7.30. The van der Waals surface area contributed by atoms with Gasteiger partial charge < -0.3 is 5.32 Å². The lowest BCUT2D eigenvalue weighted by Crippen LogP contribution is -1.93. The van der Waals surface area contributed by atoms with Crippen molar-refractivity contribution in [2.24, 2.45) is 0 Å². The molecule has 25 heavy (non-hydrogen) atoms. The quantitative estimate of drug-likeness (QED) is 0.278. The highest BCUT2D eigenvalue weighted by atomic mass is 32.1. The van der Waals surface area contributed by atoms with Gasteiger partial charge in [0.25, 0.3) is 0 Å². The molecule has 134 valence electrons. The number of hydrogen-bond acceptors (Lipinski definition) is 3. The van der Waals surface area contributed by atoms with Crippen LogP contribution in [0.25, 0.3) is 0 Å². The molecule has 0 amide bonds. The SMILES string of the molecule is CCCCCCCCc1ccc(C(=O)/C=C\Nc2ccc(F)cc2)s1. The van der Waals surface area contributed by atoms with Gasteiger partial charge in [-0.3, -0.25) is 4.79 Å². The standard InChI is InChI=1S/C21H26FNOS/c1-2-3-4-5-6-7-8-19-13-14-21(25-19)20(24)15-16-23-18-11-9-17(22)10-12-18/h9-16,23H,2-8H2,1H3/b16-15-. The van der Waals surface area contributed by atoms with Crippen molar-refractivity contribution >= 4 is 22.8 Å². The maximum absolute atomic E-state index is 12.8. The van der Waals surface area contributed by atoms with Crippen molar-refractivity contribution in [1.29, 1.82) is 0 Å². The van der Waals surface area contributed by atoms with Gasteiger partial charge in [0.15, 0.2) is 5.78 Å². The fourth-order valence-electron chi connectivity index (χ4n) is 2.57. The first-order chi connectivity index (χ1) is 12.2. The molecule has 2 nitrogen and oxygen atoms in total. The zero-order valence-electron chi connectivity index (χ0n) is 14.8. The van der Waals surface area contributed by atoms with Crippen LogP contribution in [0.4, 0.5) is 10.1 Å². The van der Waals surface area contributed by atoms with E-state index in [1.165, 1.54) is 61.6 Å². The summed E-state index contributed by atoms with van der Waals surface area (Å²) in [6.45, 7) is 2.23. The Bertz CT molecular complexity index is 675. The van der Waals surface area contributed by atoms with Crippen LogP contribution >= 0.6 is 11.3 Å². The molecule has 2 rings (SSSR count). The molecule has 1 N–H and O–H groups in total. The molecule has 2 aromatic rings. The van der Waals surface area contributed by atoms with Gasteiger partial charge in [-0.15, -0.1) is 11.3 Å². The third-order valence-electron chi connectivity index (χ3n) is 4.01. The summed E-state index contributed by atoms with van der Waals surface area (Å²) in [5.41, 5.74) is 0.750. The van der Waals surface area contributed by atoms with Crippen LogP contribution in [0, 0.1) is 5.82 Å². The Labute approximate surface area is 153 Å². The Hall–Kier alpha value is -1.94. The molecule has 0 radical (unpaired) electrons. The molecule has 1 aromatic carbocycles. The van der Waals surface area contributed by atoms with E-state index >= 15 is 0 Å². The Kier molecular flexibility index (Phi) is 8.40. The highest BCUT2D eigenvalue weighted by molar-refractivity contribution is 7.14. The summed E-state index contributed by atoms with van der Waals surface area (Å²) in [6.07, 6.45) is 11.9. The van der Waals surface area contributed by atoms with Crippen molar-refractivity contribution in [3.8, 4) is 0 Å². The number of hydrogen-bond donors (Lipinski definition) is 1. The Morgan fingerprint density at radius 2 is 1.76 bits per heavy atom. The molecular formula is C21H26FNOS. The van der Waals surface area contributed by atoms with E-state index in [1.54, 1.807) is 29.7 Å². The third kappa shape index (κ3) is 7.22. The highest BCUT2D eigenvalue weighted by Gasteiger charge is 2.06. The largest absolute Gasteiger partial charge is 0.362 e. The van der Waals surface area contributed by atoms with Crippen LogP contribution in [0.1, 0.15) is 60.0 Å². The number of anilines is 1. The van der Waals surface area contributed by atoms with E-state index in [1.807, 2.05) is 6.07 Å². The summed E-state index contributed by atoms with van der Waals surface area (Å²) in [7, 11) is 0. The average Bonchev–Trinajstić information content (AvgIpc) is 3.09. The molecule has 1 heterocycles. The van der Waals surface area contributed by atoms with Gasteiger partial charge in [0.1, 0.15) is 5.82 Å². The number of nitrogens with one attached hydrogen (secondary N) is 1. The number of carbonyl (C=O) groups is 1. The van der Waals surface area contributed by atoms with Crippen LogP contribution in [-0.4, -0.2) is 5.78 Å². The Morgan fingerprint density at radius 3 is 2.52 bits per heavy atom. The molecule has 0 spiro atoms. The van der Waals surface area contributed by atoms with Crippen LogP contribution in [0.15, 0.2) is 48.7 Å². The molecule has 0 aliphatic carbocycles. The van der Waals surface area contributed by atoms with Crippen molar-refractivity contribution in [1.82, 2.24) is 0 Å². The zero-order valence-corrected chi connectivity index (χ0v) is 15.6. The number of rotatable bonds is 11. The average molecular weight is 360 g/mol. The fraction of sp³-hybridized carbons (Fsp3) is 0.381. The molecule has 0 aliphatic heterocycles. The zero-order chi connectivity index (χ0) is 17.9. The second-order valence-electron chi connectivity index (χ2n) is 6.13. The normalized spacial score (nSPS) is 11.1. The van der Waals surface area contributed by atoms with Gasteiger partial charge in [-0.05, 0) is 49.2 Å². The van der Waals surface area contributed by atoms with Gasteiger partial charge in [-0.2, -0.15) is 0 Å². The number of unbranched alkanes of at least 4 members (excludes halogenated alkanes) is 5. The van der Waals surface area contributed by atoms with E-state index in [0.29, 0.717) is 0 Å². The predicted octanol–water partition coefficient (Wildman–Crippen LogP) is 6.60. The molecule has 0 fully saturated rings. The molecular weight excluding hydrogens is 333 g/mol. The van der Waals surface area contributed by atoms with E-state index < -0.39 is 0 Å². The first kappa shape index (κ1) is 19.4. The first-order valence-corrected chi connectivity index (χ1v) is 9.82. The van der Waals surface area contributed by atoms with Crippen molar-refractivity contribution in [2.45, 2.75) is 51.9 Å². The lowest BCUT2D eigenvalue weighted by atomic mass is 10.1. The maximum atomic E-state index is 12.8. The summed E-state index contributed by atoms with van der Waals surface area (Å²) in [6, 6.07) is 9.99. The smallest absolute Gasteiger partial charge is 0.197 e. The number of carbonyl (C=O) groups excluding carboxylic acids is 1. The van der Waals surface area contributed by atoms with Crippen LogP contribution in [-0.2, 0) is 6.42 Å². The topological polar surface area (TPSA) is 29.1 Å². The number of aryl methyl sites for hydroxylation is 1. The monoisotopic (exact) mass is 359 g/mol. The lowest BCUT2D eigenvalue weighted by molar-refractivity contribution is 0.105. The number of halogens is 1.